The third-order valence-corrected chi connectivity index (χ3v) is 3.84. The minimum atomic E-state index is -0.588. The lowest BCUT2D eigenvalue weighted by atomic mass is 9.76. The van der Waals surface area contributed by atoms with Gasteiger partial charge in [0.05, 0.1) is 6.61 Å². The lowest BCUT2D eigenvalue weighted by Gasteiger charge is -2.32. The van der Waals surface area contributed by atoms with E-state index in [4.69, 9.17) is 9.57 Å². The molecule has 1 heterocycles. The number of ketones is 1. The highest BCUT2D eigenvalue weighted by Crippen LogP contribution is 2.38. The summed E-state index contributed by atoms with van der Waals surface area (Å²) in [6, 6.07) is 0. The van der Waals surface area contributed by atoms with Gasteiger partial charge in [-0.15, -0.1) is 0 Å². The van der Waals surface area contributed by atoms with Crippen molar-refractivity contribution in [1.82, 2.24) is 0 Å². The zero-order valence-corrected chi connectivity index (χ0v) is 11.6. The van der Waals surface area contributed by atoms with Crippen molar-refractivity contribution < 1.29 is 19.2 Å². The van der Waals surface area contributed by atoms with Crippen molar-refractivity contribution >= 4 is 17.5 Å². The lowest BCUT2D eigenvalue weighted by Crippen LogP contribution is -2.38. The van der Waals surface area contributed by atoms with E-state index >= 15 is 0 Å². The molecule has 2 atom stereocenters. The molecule has 104 valence electrons. The second-order valence-electron chi connectivity index (χ2n) is 5.29. The quantitative estimate of drug-likeness (QED) is 0.732. The van der Waals surface area contributed by atoms with Crippen LogP contribution < -0.4 is 0 Å². The summed E-state index contributed by atoms with van der Waals surface area (Å²) in [6.45, 7) is 5.80. The van der Waals surface area contributed by atoms with E-state index in [1.807, 2.05) is 19.9 Å². The van der Waals surface area contributed by atoms with E-state index in [2.05, 4.69) is 5.16 Å². The van der Waals surface area contributed by atoms with E-state index in [9.17, 15) is 9.59 Å². The number of hydrogen-bond acceptors (Lipinski definition) is 5. The largest absolute Gasteiger partial charge is 0.461 e. The number of carbonyl (C=O) groups excluding carboxylic acids is 2. The summed E-state index contributed by atoms with van der Waals surface area (Å²) >= 11 is 0. The van der Waals surface area contributed by atoms with E-state index in [0.717, 1.165) is 12.0 Å². The molecule has 0 unspecified atom stereocenters. The number of nitrogens with zero attached hydrogens (tertiary/aromatic N) is 1. The maximum atomic E-state index is 11.8. The van der Waals surface area contributed by atoms with E-state index in [-0.39, 0.29) is 11.7 Å². The van der Waals surface area contributed by atoms with Crippen molar-refractivity contribution in [2.75, 3.05) is 6.61 Å². The van der Waals surface area contributed by atoms with Crippen molar-refractivity contribution in [3.8, 4) is 0 Å². The molecule has 5 heteroatoms. The van der Waals surface area contributed by atoms with Crippen LogP contribution >= 0.6 is 0 Å². The van der Waals surface area contributed by atoms with Crippen LogP contribution in [-0.2, 0) is 19.2 Å². The van der Waals surface area contributed by atoms with Crippen molar-refractivity contribution in [3.63, 3.8) is 0 Å². The first-order valence-corrected chi connectivity index (χ1v) is 6.58. The molecule has 0 saturated heterocycles. The SMILES string of the molecule is CCOC(=O)C1=NO[C@@](C)([C@@H]2CC=C(C)C(=O)C2)C1. The third-order valence-electron chi connectivity index (χ3n) is 3.84. The summed E-state index contributed by atoms with van der Waals surface area (Å²) in [5.74, 6) is -0.231. The molecule has 0 saturated carbocycles. The van der Waals surface area contributed by atoms with Crippen LogP contribution in [0.1, 0.15) is 40.0 Å². The Morgan fingerprint density at radius 1 is 1.63 bits per heavy atom. The molecule has 2 aliphatic rings. The van der Waals surface area contributed by atoms with E-state index < -0.39 is 11.6 Å². The van der Waals surface area contributed by atoms with Gasteiger partial charge in [-0.05, 0) is 32.8 Å². The minimum absolute atomic E-state index is 0.0550. The van der Waals surface area contributed by atoms with Crippen LogP contribution in [0.15, 0.2) is 16.8 Å². The Morgan fingerprint density at radius 3 is 3.00 bits per heavy atom. The highest BCUT2D eigenvalue weighted by molar-refractivity contribution is 6.36. The standard InChI is InChI=1S/C14H19NO4/c1-4-18-13(17)11-8-14(3,19-15-11)10-6-5-9(2)12(16)7-10/h5,10H,4,6-8H2,1-3H3/t10-,14-/m1/s1. The summed E-state index contributed by atoms with van der Waals surface area (Å²) in [4.78, 5) is 28.8. The van der Waals surface area contributed by atoms with Crippen LogP contribution in [0.4, 0.5) is 0 Å². The van der Waals surface area contributed by atoms with Gasteiger partial charge in [0.15, 0.2) is 11.5 Å². The molecule has 0 aromatic heterocycles. The fourth-order valence-corrected chi connectivity index (χ4v) is 2.47. The molecule has 1 aliphatic carbocycles. The van der Waals surface area contributed by atoms with Gasteiger partial charge in [-0.1, -0.05) is 11.2 Å². The summed E-state index contributed by atoms with van der Waals surface area (Å²) < 4.78 is 4.92. The normalized spacial score (nSPS) is 30.5. The predicted octanol–water partition coefficient (Wildman–Crippen LogP) is 2.01. The molecular weight excluding hydrogens is 246 g/mol. The van der Waals surface area contributed by atoms with Gasteiger partial charge in [0.25, 0.3) is 0 Å². The van der Waals surface area contributed by atoms with Gasteiger partial charge in [-0.2, -0.15) is 0 Å². The zero-order valence-electron chi connectivity index (χ0n) is 11.6. The van der Waals surface area contributed by atoms with Crippen molar-refractivity contribution in [2.24, 2.45) is 11.1 Å². The predicted molar refractivity (Wildman–Crippen MR) is 69.7 cm³/mol. The summed E-state index contributed by atoms with van der Waals surface area (Å²) in [5.41, 5.74) is 0.530. The molecule has 0 amide bonds. The molecule has 0 fully saturated rings. The third kappa shape index (κ3) is 2.69. The van der Waals surface area contributed by atoms with Crippen molar-refractivity contribution in [3.05, 3.63) is 11.6 Å². The minimum Gasteiger partial charge on any atom is -0.461 e. The first-order valence-electron chi connectivity index (χ1n) is 6.58. The van der Waals surface area contributed by atoms with Crippen LogP contribution in [0.2, 0.25) is 0 Å². The van der Waals surface area contributed by atoms with Crippen molar-refractivity contribution in [2.45, 2.75) is 45.6 Å². The number of carbonyl (C=O) groups is 2. The Bertz CT molecular complexity index is 466. The van der Waals surface area contributed by atoms with E-state index in [1.165, 1.54) is 0 Å². The Hall–Kier alpha value is -1.65. The summed E-state index contributed by atoms with van der Waals surface area (Å²) in [5, 5.41) is 3.84. The van der Waals surface area contributed by atoms with Gasteiger partial charge in [0.1, 0.15) is 5.60 Å². The van der Waals surface area contributed by atoms with Crippen molar-refractivity contribution in [1.29, 1.82) is 0 Å². The summed E-state index contributed by atoms with van der Waals surface area (Å²) in [6.07, 6.45) is 3.56. The average molecular weight is 265 g/mol. The Balaban J connectivity index is 2.04. The molecule has 0 aromatic carbocycles. The second kappa shape index (κ2) is 5.15. The van der Waals surface area contributed by atoms with Gasteiger partial charge < -0.3 is 9.57 Å². The molecule has 0 bridgehead atoms. The highest BCUT2D eigenvalue weighted by atomic mass is 16.7. The molecule has 0 N–H and O–H groups in total. The highest BCUT2D eigenvalue weighted by Gasteiger charge is 2.45. The number of oxime groups is 1. The van der Waals surface area contributed by atoms with Gasteiger partial charge in [0.2, 0.25) is 0 Å². The molecule has 5 nitrogen and oxygen atoms in total. The van der Waals surface area contributed by atoms with Crippen LogP contribution in [0.3, 0.4) is 0 Å². The summed E-state index contributed by atoms with van der Waals surface area (Å²) in [7, 11) is 0. The van der Waals surface area contributed by atoms with Crippen LogP contribution in [0, 0.1) is 5.92 Å². The number of esters is 1. The van der Waals surface area contributed by atoms with E-state index in [0.29, 0.717) is 25.2 Å². The molecule has 0 aromatic rings. The van der Waals surface area contributed by atoms with Gasteiger partial charge in [-0.3, -0.25) is 4.79 Å². The molecule has 2 rings (SSSR count). The number of Topliss-reactive ketones (excluding diaryl/α,β-unsaturated/α-hetero) is 1. The van der Waals surface area contributed by atoms with Gasteiger partial charge >= 0.3 is 5.97 Å². The molecular formula is C14H19NO4. The number of ether oxygens (including phenoxy) is 1. The second-order valence-corrected chi connectivity index (χ2v) is 5.29. The number of hydrogen-bond donors (Lipinski definition) is 0. The fourth-order valence-electron chi connectivity index (χ4n) is 2.47. The van der Waals surface area contributed by atoms with Crippen LogP contribution in [-0.4, -0.2) is 29.7 Å². The Morgan fingerprint density at radius 2 is 2.37 bits per heavy atom. The molecule has 0 radical (unpaired) electrons. The topological polar surface area (TPSA) is 65.0 Å². The van der Waals surface area contributed by atoms with E-state index in [1.54, 1.807) is 6.92 Å². The van der Waals surface area contributed by atoms with Gasteiger partial charge in [0, 0.05) is 18.8 Å². The monoisotopic (exact) mass is 265 g/mol. The zero-order chi connectivity index (χ0) is 14.0. The fraction of sp³-hybridized carbons (Fsp3) is 0.643. The Labute approximate surface area is 112 Å². The maximum absolute atomic E-state index is 11.8. The maximum Gasteiger partial charge on any atom is 0.356 e. The lowest BCUT2D eigenvalue weighted by molar-refractivity contribution is -0.135. The number of allylic oxidation sites excluding steroid dienone is 2. The molecule has 0 spiro atoms. The van der Waals surface area contributed by atoms with Crippen LogP contribution in [0.25, 0.3) is 0 Å². The number of rotatable bonds is 3. The smallest absolute Gasteiger partial charge is 0.356 e. The Kier molecular flexibility index (Phi) is 3.73. The average Bonchev–Trinajstić information content (AvgIpc) is 2.77. The van der Waals surface area contributed by atoms with Gasteiger partial charge in [-0.25, -0.2) is 4.79 Å². The van der Waals surface area contributed by atoms with Crippen LogP contribution in [0.5, 0.6) is 0 Å². The first kappa shape index (κ1) is 13.8. The first-order chi connectivity index (χ1) is 8.96. The molecule has 19 heavy (non-hydrogen) atoms. The molecule has 1 aliphatic heterocycles.